The minimum absolute atomic E-state index is 0.287. The molecule has 1 aromatic rings. The van der Waals surface area contributed by atoms with Crippen molar-refractivity contribution in [3.05, 3.63) is 28.8 Å². The Morgan fingerprint density at radius 2 is 2.24 bits per heavy atom. The second kappa shape index (κ2) is 7.98. The number of thioether (sulfide) groups is 1. The summed E-state index contributed by atoms with van der Waals surface area (Å²) in [6.45, 7) is 2.92. The van der Waals surface area contributed by atoms with E-state index in [1.54, 1.807) is 7.11 Å². The van der Waals surface area contributed by atoms with Gasteiger partial charge in [-0.3, -0.25) is 0 Å². The fraction of sp³-hybridized carbons (Fsp3) is 0.538. The molecule has 0 saturated heterocycles. The first kappa shape index (κ1) is 14.8. The van der Waals surface area contributed by atoms with Crippen LogP contribution in [0, 0.1) is 0 Å². The topological polar surface area (TPSA) is 21.3 Å². The van der Waals surface area contributed by atoms with Crippen molar-refractivity contribution in [2.45, 2.75) is 24.3 Å². The Morgan fingerprint density at radius 1 is 1.47 bits per heavy atom. The zero-order chi connectivity index (χ0) is 12.7. The van der Waals surface area contributed by atoms with Gasteiger partial charge in [-0.15, -0.1) is 11.8 Å². The van der Waals surface area contributed by atoms with Crippen LogP contribution in [0.1, 0.15) is 24.9 Å². The molecule has 1 unspecified atom stereocenters. The summed E-state index contributed by atoms with van der Waals surface area (Å²) in [7, 11) is 3.67. The van der Waals surface area contributed by atoms with Crippen molar-refractivity contribution in [1.82, 2.24) is 5.32 Å². The van der Waals surface area contributed by atoms with Crippen LogP contribution in [0.5, 0.6) is 0 Å². The summed E-state index contributed by atoms with van der Waals surface area (Å²) in [6.07, 6.45) is 1.06. The van der Waals surface area contributed by atoms with Crippen molar-refractivity contribution in [2.75, 3.05) is 26.5 Å². The highest BCUT2D eigenvalue weighted by Gasteiger charge is 2.08. The van der Waals surface area contributed by atoms with Gasteiger partial charge in [0.2, 0.25) is 0 Å². The van der Waals surface area contributed by atoms with Gasteiger partial charge in [-0.1, -0.05) is 17.7 Å². The predicted octanol–water partition coefficient (Wildman–Crippen LogP) is 3.75. The molecular weight excluding hydrogens is 254 g/mol. The predicted molar refractivity (Wildman–Crippen MR) is 76.1 cm³/mol. The maximum atomic E-state index is 6.27. The zero-order valence-electron chi connectivity index (χ0n) is 10.6. The molecule has 0 radical (unpaired) electrons. The van der Waals surface area contributed by atoms with Crippen LogP contribution < -0.4 is 5.32 Å². The van der Waals surface area contributed by atoms with Gasteiger partial charge in [0.1, 0.15) is 0 Å². The van der Waals surface area contributed by atoms with E-state index in [0.29, 0.717) is 0 Å². The van der Waals surface area contributed by atoms with E-state index in [4.69, 9.17) is 16.3 Å². The van der Waals surface area contributed by atoms with Crippen molar-refractivity contribution in [2.24, 2.45) is 0 Å². The summed E-state index contributed by atoms with van der Waals surface area (Å²) in [4.78, 5) is 1.22. The summed E-state index contributed by atoms with van der Waals surface area (Å²) in [5.74, 6) is 1.06. The SMILES string of the molecule is CNC(C)c1ccc(SCCCOC)cc1Cl. The van der Waals surface area contributed by atoms with Crippen molar-refractivity contribution in [3.8, 4) is 0 Å². The number of rotatable bonds is 7. The molecule has 1 aromatic carbocycles. The number of ether oxygens (including phenoxy) is 1. The molecule has 0 aliphatic carbocycles. The zero-order valence-corrected chi connectivity index (χ0v) is 12.2. The maximum absolute atomic E-state index is 6.27. The second-order valence-electron chi connectivity index (χ2n) is 3.89. The van der Waals surface area contributed by atoms with Gasteiger partial charge in [-0.2, -0.15) is 0 Å². The largest absolute Gasteiger partial charge is 0.385 e. The molecule has 96 valence electrons. The van der Waals surface area contributed by atoms with Crippen LogP contribution in [0.25, 0.3) is 0 Å². The van der Waals surface area contributed by atoms with Crippen LogP contribution in [-0.4, -0.2) is 26.5 Å². The molecule has 0 fully saturated rings. The number of benzene rings is 1. The Hall–Kier alpha value is -0.220. The number of hydrogen-bond acceptors (Lipinski definition) is 3. The Kier molecular flexibility index (Phi) is 6.97. The Morgan fingerprint density at radius 3 is 2.82 bits per heavy atom. The number of methoxy groups -OCH3 is 1. The molecule has 0 amide bonds. The first-order valence-electron chi connectivity index (χ1n) is 5.77. The molecule has 1 atom stereocenters. The molecule has 4 heteroatoms. The van der Waals surface area contributed by atoms with E-state index in [-0.39, 0.29) is 6.04 Å². The lowest BCUT2D eigenvalue weighted by Crippen LogP contribution is -2.12. The van der Waals surface area contributed by atoms with Gasteiger partial charge in [-0.05, 0) is 38.1 Å². The smallest absolute Gasteiger partial charge is 0.0470 e. The normalized spacial score (nSPS) is 12.7. The van der Waals surface area contributed by atoms with Crippen molar-refractivity contribution in [1.29, 1.82) is 0 Å². The molecule has 0 aliphatic heterocycles. The second-order valence-corrected chi connectivity index (χ2v) is 5.46. The highest BCUT2D eigenvalue weighted by atomic mass is 35.5. The lowest BCUT2D eigenvalue weighted by molar-refractivity contribution is 0.200. The van der Waals surface area contributed by atoms with Crippen molar-refractivity contribution in [3.63, 3.8) is 0 Å². The lowest BCUT2D eigenvalue weighted by Gasteiger charge is -2.13. The summed E-state index contributed by atoms with van der Waals surface area (Å²) in [5, 5.41) is 4.03. The van der Waals surface area contributed by atoms with Gasteiger partial charge in [0.15, 0.2) is 0 Å². The van der Waals surface area contributed by atoms with E-state index < -0.39 is 0 Å². The highest BCUT2D eigenvalue weighted by molar-refractivity contribution is 7.99. The summed E-state index contributed by atoms with van der Waals surface area (Å²) < 4.78 is 5.02. The standard InChI is InChI=1S/C13H20ClNOS/c1-10(15-2)12-6-5-11(9-13(12)14)17-8-4-7-16-3/h5-6,9-10,15H,4,7-8H2,1-3H3. The van der Waals surface area contributed by atoms with Crippen LogP contribution in [-0.2, 0) is 4.74 Å². The van der Waals surface area contributed by atoms with Crippen LogP contribution in [0.2, 0.25) is 5.02 Å². The van der Waals surface area contributed by atoms with Crippen LogP contribution >= 0.6 is 23.4 Å². The molecule has 1 rings (SSSR count). The molecule has 0 aliphatic rings. The average molecular weight is 274 g/mol. The molecule has 17 heavy (non-hydrogen) atoms. The number of halogens is 1. The summed E-state index contributed by atoms with van der Waals surface area (Å²) in [6, 6.07) is 6.56. The Balaban J connectivity index is 2.56. The molecule has 2 nitrogen and oxygen atoms in total. The number of nitrogens with one attached hydrogen (secondary N) is 1. The van der Waals surface area contributed by atoms with E-state index in [2.05, 4.69) is 24.4 Å². The van der Waals surface area contributed by atoms with Gasteiger partial charge in [-0.25, -0.2) is 0 Å². The first-order valence-corrected chi connectivity index (χ1v) is 7.14. The van der Waals surface area contributed by atoms with Gasteiger partial charge in [0.25, 0.3) is 0 Å². The van der Waals surface area contributed by atoms with E-state index in [9.17, 15) is 0 Å². The molecular formula is C13H20ClNOS. The summed E-state index contributed by atoms with van der Waals surface area (Å²) in [5.41, 5.74) is 1.15. The monoisotopic (exact) mass is 273 g/mol. The Bertz CT molecular complexity index is 346. The van der Waals surface area contributed by atoms with E-state index in [1.165, 1.54) is 4.90 Å². The third-order valence-electron chi connectivity index (χ3n) is 2.63. The minimum Gasteiger partial charge on any atom is -0.385 e. The fourth-order valence-corrected chi connectivity index (χ4v) is 2.77. The van der Waals surface area contributed by atoms with Crippen molar-refractivity contribution < 1.29 is 4.74 Å². The van der Waals surface area contributed by atoms with Gasteiger partial charge in [0.05, 0.1) is 0 Å². The quantitative estimate of drug-likeness (QED) is 0.604. The van der Waals surface area contributed by atoms with Crippen LogP contribution in [0.3, 0.4) is 0 Å². The molecule has 0 saturated carbocycles. The van der Waals surface area contributed by atoms with Gasteiger partial charge in [0, 0.05) is 35.4 Å². The minimum atomic E-state index is 0.287. The maximum Gasteiger partial charge on any atom is 0.0470 e. The van der Waals surface area contributed by atoms with Gasteiger partial charge < -0.3 is 10.1 Å². The highest BCUT2D eigenvalue weighted by Crippen LogP contribution is 2.28. The van der Waals surface area contributed by atoms with E-state index in [1.807, 2.05) is 24.9 Å². The molecule has 0 aromatic heterocycles. The van der Waals surface area contributed by atoms with E-state index >= 15 is 0 Å². The Labute approximate surface area is 113 Å². The fourth-order valence-electron chi connectivity index (χ4n) is 1.50. The molecule has 0 spiro atoms. The summed E-state index contributed by atoms with van der Waals surface area (Å²) >= 11 is 8.08. The lowest BCUT2D eigenvalue weighted by atomic mass is 10.1. The third kappa shape index (κ3) is 4.88. The van der Waals surface area contributed by atoms with Crippen LogP contribution in [0.15, 0.2) is 23.1 Å². The molecule has 0 bridgehead atoms. The molecule has 1 N–H and O–H groups in total. The van der Waals surface area contributed by atoms with Crippen molar-refractivity contribution >= 4 is 23.4 Å². The third-order valence-corrected chi connectivity index (χ3v) is 4.04. The molecule has 0 heterocycles. The van der Waals surface area contributed by atoms with Gasteiger partial charge >= 0.3 is 0 Å². The van der Waals surface area contributed by atoms with Crippen LogP contribution in [0.4, 0.5) is 0 Å². The first-order chi connectivity index (χ1) is 8.19. The number of hydrogen-bond donors (Lipinski definition) is 1. The average Bonchev–Trinajstić information content (AvgIpc) is 2.34. The van der Waals surface area contributed by atoms with E-state index in [0.717, 1.165) is 29.4 Å².